The van der Waals surface area contributed by atoms with Crippen molar-refractivity contribution in [1.82, 2.24) is 5.32 Å². The van der Waals surface area contributed by atoms with Gasteiger partial charge in [0.2, 0.25) is 0 Å². The topological polar surface area (TPSA) is 36.8 Å². The average molecular weight is 249 g/mol. The molecule has 0 spiro atoms. The minimum Gasteiger partial charge on any atom is -0.375 e. The zero-order chi connectivity index (χ0) is 13.1. The fourth-order valence-electron chi connectivity index (χ4n) is 2.17. The number of hydrogen-bond donors (Lipinski definition) is 1. The molecule has 0 aromatic heterocycles. The number of nitrogens with one attached hydrogen (secondary N) is 1. The summed E-state index contributed by atoms with van der Waals surface area (Å²) >= 11 is 0. The van der Waals surface area contributed by atoms with Crippen molar-refractivity contribution in [2.24, 2.45) is 9.98 Å². The summed E-state index contributed by atoms with van der Waals surface area (Å²) in [7, 11) is 1.88. The lowest BCUT2D eigenvalue weighted by Gasteiger charge is -2.07. The van der Waals surface area contributed by atoms with Gasteiger partial charge in [-0.25, -0.2) is 4.99 Å². The van der Waals surface area contributed by atoms with Crippen LogP contribution >= 0.6 is 0 Å². The van der Waals surface area contributed by atoms with Crippen LogP contribution in [0.5, 0.6) is 0 Å². The number of rotatable bonds is 1. The van der Waals surface area contributed by atoms with Crippen molar-refractivity contribution < 1.29 is 0 Å². The summed E-state index contributed by atoms with van der Waals surface area (Å²) in [6.07, 6.45) is 0. The molecule has 0 aliphatic carbocycles. The summed E-state index contributed by atoms with van der Waals surface area (Å²) in [6, 6.07) is 18.4. The van der Waals surface area contributed by atoms with Crippen LogP contribution in [0.25, 0.3) is 0 Å². The molecular weight excluding hydrogens is 234 g/mol. The molecule has 0 fully saturated rings. The minimum absolute atomic E-state index is 0.579. The van der Waals surface area contributed by atoms with E-state index in [0.29, 0.717) is 6.54 Å². The van der Waals surface area contributed by atoms with Gasteiger partial charge in [-0.05, 0) is 6.07 Å². The van der Waals surface area contributed by atoms with Gasteiger partial charge in [0.15, 0.2) is 0 Å². The van der Waals surface area contributed by atoms with Gasteiger partial charge in [-0.1, -0.05) is 48.5 Å². The third kappa shape index (κ3) is 2.27. The SMILES string of the molecule is CNC1=Nc2ccccc2C(c2ccccc2)=NC1. The maximum Gasteiger partial charge on any atom is 0.124 e. The Balaban J connectivity index is 2.16. The maximum atomic E-state index is 4.71. The molecule has 2 aromatic rings. The molecule has 0 saturated carbocycles. The summed E-state index contributed by atoms with van der Waals surface area (Å²) < 4.78 is 0. The number of fused-ring (bicyclic) bond motifs is 1. The van der Waals surface area contributed by atoms with Crippen LogP contribution in [-0.4, -0.2) is 25.1 Å². The molecule has 0 bridgehead atoms. The first kappa shape index (κ1) is 11.7. The minimum atomic E-state index is 0.579. The number of benzene rings is 2. The highest BCUT2D eigenvalue weighted by Crippen LogP contribution is 2.24. The van der Waals surface area contributed by atoms with Crippen molar-refractivity contribution in [3.63, 3.8) is 0 Å². The fraction of sp³-hybridized carbons (Fsp3) is 0.125. The highest BCUT2D eigenvalue weighted by Gasteiger charge is 2.14. The standard InChI is InChI=1S/C16H15N3/c1-17-15-11-18-16(12-7-3-2-4-8-12)13-9-5-6-10-14(13)19-15/h2-10H,11H2,1H3,(H,17,19). The predicted molar refractivity (Wildman–Crippen MR) is 79.5 cm³/mol. The lowest BCUT2D eigenvalue weighted by atomic mass is 10.0. The summed E-state index contributed by atoms with van der Waals surface area (Å²) in [4.78, 5) is 9.33. The van der Waals surface area contributed by atoms with E-state index in [-0.39, 0.29) is 0 Å². The van der Waals surface area contributed by atoms with Crippen molar-refractivity contribution in [2.75, 3.05) is 13.6 Å². The zero-order valence-corrected chi connectivity index (χ0v) is 10.8. The van der Waals surface area contributed by atoms with E-state index in [1.165, 1.54) is 0 Å². The first-order valence-electron chi connectivity index (χ1n) is 6.33. The summed E-state index contributed by atoms with van der Waals surface area (Å²) in [5.74, 6) is 0.887. The molecule has 1 aliphatic rings. The highest BCUT2D eigenvalue weighted by atomic mass is 15.0. The van der Waals surface area contributed by atoms with E-state index in [1.807, 2.05) is 43.4 Å². The Kier molecular flexibility index (Phi) is 3.11. The van der Waals surface area contributed by atoms with Gasteiger partial charge >= 0.3 is 0 Å². The van der Waals surface area contributed by atoms with Crippen LogP contribution in [0.3, 0.4) is 0 Å². The van der Waals surface area contributed by atoms with Gasteiger partial charge in [0.1, 0.15) is 5.84 Å². The van der Waals surface area contributed by atoms with Crippen molar-refractivity contribution in [1.29, 1.82) is 0 Å². The van der Waals surface area contributed by atoms with E-state index in [0.717, 1.165) is 28.4 Å². The number of aliphatic imine (C=N–C) groups is 2. The summed E-state index contributed by atoms with van der Waals surface area (Å²) in [6.45, 7) is 0.579. The molecule has 0 amide bonds. The monoisotopic (exact) mass is 249 g/mol. The number of para-hydroxylation sites is 1. The second-order valence-corrected chi connectivity index (χ2v) is 4.36. The van der Waals surface area contributed by atoms with Gasteiger partial charge in [-0.2, -0.15) is 0 Å². The second kappa shape index (κ2) is 5.06. The molecule has 0 radical (unpaired) electrons. The van der Waals surface area contributed by atoms with E-state index in [1.54, 1.807) is 0 Å². The Hall–Kier alpha value is -2.42. The van der Waals surface area contributed by atoms with E-state index >= 15 is 0 Å². The molecule has 3 nitrogen and oxygen atoms in total. The van der Waals surface area contributed by atoms with Crippen LogP contribution in [0.1, 0.15) is 11.1 Å². The van der Waals surface area contributed by atoms with E-state index in [2.05, 4.69) is 28.5 Å². The van der Waals surface area contributed by atoms with Gasteiger partial charge < -0.3 is 5.32 Å². The Morgan fingerprint density at radius 1 is 0.947 bits per heavy atom. The highest BCUT2D eigenvalue weighted by molar-refractivity contribution is 6.17. The Morgan fingerprint density at radius 3 is 2.47 bits per heavy atom. The van der Waals surface area contributed by atoms with Gasteiger partial charge in [-0.3, -0.25) is 4.99 Å². The van der Waals surface area contributed by atoms with E-state index in [4.69, 9.17) is 4.99 Å². The van der Waals surface area contributed by atoms with Crippen molar-refractivity contribution in [2.45, 2.75) is 0 Å². The molecule has 0 atom stereocenters. The second-order valence-electron chi connectivity index (χ2n) is 4.36. The Morgan fingerprint density at radius 2 is 1.68 bits per heavy atom. The summed E-state index contributed by atoms with van der Waals surface area (Å²) in [5, 5.41) is 3.10. The van der Waals surface area contributed by atoms with Gasteiger partial charge in [-0.15, -0.1) is 0 Å². The number of hydrogen-bond acceptors (Lipinski definition) is 3. The quantitative estimate of drug-likeness (QED) is 0.829. The number of likely N-dealkylation sites (N-methyl/N-ethyl adjacent to an activating group) is 1. The normalized spacial score (nSPS) is 13.9. The number of nitrogens with zero attached hydrogens (tertiary/aromatic N) is 2. The Labute approximate surface area is 112 Å². The van der Waals surface area contributed by atoms with Crippen LogP contribution in [0.4, 0.5) is 5.69 Å². The van der Waals surface area contributed by atoms with Crippen molar-refractivity contribution in [3.8, 4) is 0 Å². The van der Waals surface area contributed by atoms with Crippen LogP contribution in [0.2, 0.25) is 0 Å². The smallest absolute Gasteiger partial charge is 0.124 e. The molecule has 2 aromatic carbocycles. The zero-order valence-electron chi connectivity index (χ0n) is 10.8. The molecule has 0 unspecified atom stereocenters. The van der Waals surface area contributed by atoms with Crippen LogP contribution < -0.4 is 5.32 Å². The third-order valence-corrected chi connectivity index (χ3v) is 3.14. The third-order valence-electron chi connectivity index (χ3n) is 3.14. The average Bonchev–Trinajstić information content (AvgIpc) is 2.67. The molecule has 1 heterocycles. The first-order chi connectivity index (χ1) is 9.38. The van der Waals surface area contributed by atoms with E-state index in [9.17, 15) is 0 Å². The molecule has 3 heteroatoms. The Bertz CT molecular complexity index is 642. The van der Waals surface area contributed by atoms with Crippen LogP contribution in [-0.2, 0) is 0 Å². The molecular formula is C16H15N3. The van der Waals surface area contributed by atoms with Gasteiger partial charge in [0, 0.05) is 18.2 Å². The maximum absolute atomic E-state index is 4.71. The molecule has 3 rings (SSSR count). The van der Waals surface area contributed by atoms with Crippen molar-refractivity contribution in [3.05, 3.63) is 65.7 Å². The summed E-state index contributed by atoms with van der Waals surface area (Å²) in [5.41, 5.74) is 4.18. The fourth-order valence-corrected chi connectivity index (χ4v) is 2.17. The number of amidine groups is 1. The predicted octanol–water partition coefficient (Wildman–Crippen LogP) is 2.79. The molecule has 1 N–H and O–H groups in total. The van der Waals surface area contributed by atoms with Gasteiger partial charge in [0.25, 0.3) is 0 Å². The molecule has 94 valence electrons. The molecule has 19 heavy (non-hydrogen) atoms. The lowest BCUT2D eigenvalue weighted by molar-refractivity contribution is 1.10. The largest absolute Gasteiger partial charge is 0.375 e. The molecule has 1 aliphatic heterocycles. The van der Waals surface area contributed by atoms with E-state index < -0.39 is 0 Å². The van der Waals surface area contributed by atoms with Gasteiger partial charge in [0.05, 0.1) is 17.9 Å². The van der Waals surface area contributed by atoms with Crippen molar-refractivity contribution >= 4 is 17.2 Å². The lowest BCUT2D eigenvalue weighted by Crippen LogP contribution is -2.20. The van der Waals surface area contributed by atoms with Crippen LogP contribution in [0, 0.1) is 0 Å². The first-order valence-corrected chi connectivity index (χ1v) is 6.33. The molecule has 0 saturated heterocycles. The van der Waals surface area contributed by atoms with Crippen LogP contribution in [0.15, 0.2) is 64.6 Å².